The summed E-state index contributed by atoms with van der Waals surface area (Å²) in [6, 6.07) is 2.61. The molecule has 1 N–H and O–H groups in total. The van der Waals surface area contributed by atoms with Gasteiger partial charge in [-0.3, -0.25) is 4.98 Å². The normalized spacial score (nSPS) is 10.3. The quantitative estimate of drug-likeness (QED) is 0.626. The third-order valence-electron chi connectivity index (χ3n) is 1.53. The second-order valence-corrected chi connectivity index (χ2v) is 2.32. The van der Waals surface area contributed by atoms with Gasteiger partial charge in [-0.25, -0.2) is 4.79 Å². The Morgan fingerprint density at radius 2 is 2.33 bits per heavy atom. The fourth-order valence-corrected chi connectivity index (χ4v) is 1.00. The van der Waals surface area contributed by atoms with Crippen molar-refractivity contribution in [3.05, 3.63) is 34.9 Å². The van der Waals surface area contributed by atoms with Crippen LogP contribution in [-0.4, -0.2) is 10.1 Å². The van der Waals surface area contributed by atoms with E-state index in [2.05, 4.69) is 4.98 Å². The predicted octanol–water partition coefficient (Wildman–Crippen LogP) is 0.894. The summed E-state index contributed by atoms with van der Waals surface area (Å²) in [4.78, 5) is 14.5. The van der Waals surface area contributed by atoms with E-state index in [-0.39, 0.29) is 5.75 Å². The van der Waals surface area contributed by atoms with E-state index in [9.17, 15) is 9.90 Å². The van der Waals surface area contributed by atoms with E-state index in [0.717, 1.165) is 6.07 Å². The summed E-state index contributed by atoms with van der Waals surface area (Å²) in [5.74, 6) is -0.0800. The molecule has 0 aliphatic heterocycles. The molecule has 0 saturated carbocycles. The van der Waals surface area contributed by atoms with Crippen molar-refractivity contribution < 1.29 is 9.52 Å². The average molecular weight is 163 g/mol. The van der Waals surface area contributed by atoms with Gasteiger partial charge in [0.05, 0.1) is 17.6 Å². The third-order valence-corrected chi connectivity index (χ3v) is 1.53. The summed E-state index contributed by atoms with van der Waals surface area (Å²) in [5.41, 5.74) is -0.282. The van der Waals surface area contributed by atoms with Crippen LogP contribution in [0.5, 0.6) is 5.75 Å². The molecular weight excluding hydrogens is 158 g/mol. The fraction of sp³-hybridized carbons (Fsp3) is 0. The molecule has 0 unspecified atom stereocenters. The van der Waals surface area contributed by atoms with Crippen molar-refractivity contribution in [3.8, 4) is 5.75 Å². The first-order valence-electron chi connectivity index (χ1n) is 3.34. The van der Waals surface area contributed by atoms with Gasteiger partial charge in [-0.1, -0.05) is 0 Å². The number of hydrogen-bond acceptors (Lipinski definition) is 4. The first-order valence-corrected chi connectivity index (χ1v) is 3.34. The van der Waals surface area contributed by atoms with Crippen LogP contribution in [0.25, 0.3) is 11.0 Å². The summed E-state index contributed by atoms with van der Waals surface area (Å²) in [5, 5.41) is 9.75. The molecule has 60 valence electrons. The van der Waals surface area contributed by atoms with Crippen LogP contribution in [-0.2, 0) is 0 Å². The lowest BCUT2D eigenvalue weighted by atomic mass is 10.3. The lowest BCUT2D eigenvalue weighted by molar-refractivity contribution is 0.467. The van der Waals surface area contributed by atoms with Gasteiger partial charge in [0.15, 0.2) is 5.58 Å². The SMILES string of the molecule is O=c1cc(O)c2ccncc2o1. The number of rotatable bonds is 0. The number of nitrogens with zero attached hydrogens (tertiary/aromatic N) is 1. The average Bonchev–Trinajstić information content (AvgIpc) is 2.04. The summed E-state index contributed by atoms with van der Waals surface area (Å²) >= 11 is 0. The zero-order valence-corrected chi connectivity index (χ0v) is 6.02. The van der Waals surface area contributed by atoms with Crippen molar-refractivity contribution >= 4 is 11.0 Å². The monoisotopic (exact) mass is 163 g/mol. The van der Waals surface area contributed by atoms with Crippen LogP contribution in [0, 0.1) is 0 Å². The highest BCUT2D eigenvalue weighted by atomic mass is 16.4. The van der Waals surface area contributed by atoms with Crippen LogP contribution in [0.2, 0.25) is 0 Å². The maximum absolute atomic E-state index is 10.7. The highest BCUT2D eigenvalue weighted by Gasteiger charge is 2.01. The molecule has 4 nitrogen and oxygen atoms in total. The fourth-order valence-electron chi connectivity index (χ4n) is 1.00. The van der Waals surface area contributed by atoms with Crippen LogP contribution in [0.1, 0.15) is 0 Å². The van der Waals surface area contributed by atoms with E-state index >= 15 is 0 Å². The number of hydrogen-bond donors (Lipinski definition) is 1. The molecule has 0 spiro atoms. The molecule has 0 atom stereocenters. The first kappa shape index (κ1) is 6.84. The molecule has 0 aliphatic carbocycles. The van der Waals surface area contributed by atoms with Gasteiger partial charge < -0.3 is 9.52 Å². The van der Waals surface area contributed by atoms with Crippen LogP contribution in [0.3, 0.4) is 0 Å². The highest BCUT2D eigenvalue weighted by Crippen LogP contribution is 2.19. The Kier molecular flexibility index (Phi) is 1.33. The van der Waals surface area contributed by atoms with E-state index < -0.39 is 5.63 Å². The number of fused-ring (bicyclic) bond motifs is 1. The largest absolute Gasteiger partial charge is 0.507 e. The van der Waals surface area contributed by atoms with Crippen LogP contribution < -0.4 is 5.63 Å². The Bertz CT molecular complexity index is 475. The van der Waals surface area contributed by atoms with Crippen LogP contribution in [0.4, 0.5) is 0 Å². The van der Waals surface area contributed by atoms with Gasteiger partial charge in [0, 0.05) is 6.20 Å². The van der Waals surface area contributed by atoms with Gasteiger partial charge in [-0.15, -0.1) is 0 Å². The van der Waals surface area contributed by atoms with E-state index in [1.807, 2.05) is 0 Å². The van der Waals surface area contributed by atoms with E-state index in [1.165, 1.54) is 12.4 Å². The standard InChI is InChI=1S/C8H5NO3/c10-6-3-8(11)12-7-4-9-2-1-5(6)7/h1-4,10H. The second-order valence-electron chi connectivity index (χ2n) is 2.32. The maximum atomic E-state index is 10.7. The molecular formula is C8H5NO3. The van der Waals surface area contributed by atoms with Crippen LogP contribution >= 0.6 is 0 Å². The summed E-state index contributed by atoms with van der Waals surface area (Å²) in [6.45, 7) is 0. The van der Waals surface area contributed by atoms with Gasteiger partial charge >= 0.3 is 5.63 Å². The van der Waals surface area contributed by atoms with E-state index in [0.29, 0.717) is 11.0 Å². The molecule has 2 aromatic rings. The van der Waals surface area contributed by atoms with Crippen molar-refractivity contribution in [2.75, 3.05) is 0 Å². The van der Waals surface area contributed by atoms with Gasteiger partial charge in [0.2, 0.25) is 0 Å². The molecule has 0 radical (unpaired) electrons. The number of aromatic hydroxyl groups is 1. The van der Waals surface area contributed by atoms with Crippen LogP contribution in [0.15, 0.2) is 33.7 Å². The molecule has 0 aliphatic rings. The number of pyridine rings is 1. The summed E-state index contributed by atoms with van der Waals surface area (Å²) in [6.07, 6.45) is 2.90. The molecule has 2 heterocycles. The molecule has 2 aromatic heterocycles. The smallest absolute Gasteiger partial charge is 0.340 e. The Morgan fingerprint density at radius 3 is 3.17 bits per heavy atom. The molecule has 4 heteroatoms. The van der Waals surface area contributed by atoms with Crippen molar-refractivity contribution in [1.29, 1.82) is 0 Å². The zero-order chi connectivity index (χ0) is 8.55. The maximum Gasteiger partial charge on any atom is 0.340 e. The van der Waals surface area contributed by atoms with Gasteiger partial charge in [-0.05, 0) is 6.07 Å². The topological polar surface area (TPSA) is 63.3 Å². The highest BCUT2D eigenvalue weighted by molar-refractivity contribution is 5.81. The molecule has 0 aromatic carbocycles. The van der Waals surface area contributed by atoms with Crippen molar-refractivity contribution in [2.24, 2.45) is 0 Å². The molecule has 0 amide bonds. The van der Waals surface area contributed by atoms with Gasteiger partial charge in [0.1, 0.15) is 5.75 Å². The number of aromatic nitrogens is 1. The third kappa shape index (κ3) is 0.934. The lowest BCUT2D eigenvalue weighted by Gasteiger charge is -1.95. The molecule has 0 saturated heterocycles. The summed E-state index contributed by atoms with van der Waals surface area (Å²) < 4.78 is 4.76. The Labute approximate surface area is 67.1 Å². The molecule has 2 rings (SSSR count). The molecule has 0 fully saturated rings. The van der Waals surface area contributed by atoms with Gasteiger partial charge in [0.25, 0.3) is 0 Å². The van der Waals surface area contributed by atoms with E-state index in [1.54, 1.807) is 6.07 Å². The zero-order valence-electron chi connectivity index (χ0n) is 6.02. The minimum atomic E-state index is -0.576. The minimum absolute atomic E-state index is 0.0800. The Morgan fingerprint density at radius 1 is 1.50 bits per heavy atom. The minimum Gasteiger partial charge on any atom is -0.507 e. The Balaban J connectivity index is 2.99. The molecule has 0 bridgehead atoms. The lowest BCUT2D eigenvalue weighted by Crippen LogP contribution is -1.95. The molecule has 12 heavy (non-hydrogen) atoms. The van der Waals surface area contributed by atoms with Crippen molar-refractivity contribution in [1.82, 2.24) is 4.98 Å². The Hall–Kier alpha value is -1.84. The van der Waals surface area contributed by atoms with Crippen molar-refractivity contribution in [2.45, 2.75) is 0 Å². The second kappa shape index (κ2) is 2.34. The van der Waals surface area contributed by atoms with E-state index in [4.69, 9.17) is 4.42 Å². The summed E-state index contributed by atoms with van der Waals surface area (Å²) in [7, 11) is 0. The predicted molar refractivity (Wildman–Crippen MR) is 41.9 cm³/mol. The van der Waals surface area contributed by atoms with Crippen molar-refractivity contribution in [3.63, 3.8) is 0 Å². The van der Waals surface area contributed by atoms with Gasteiger partial charge in [-0.2, -0.15) is 0 Å². The first-order chi connectivity index (χ1) is 5.77.